The maximum Gasteiger partial charge on any atom is 0.228 e. The summed E-state index contributed by atoms with van der Waals surface area (Å²) < 4.78 is 0. The Morgan fingerprint density at radius 2 is 0.723 bits per heavy atom. The number of aryl methyl sites for hydroxylation is 8. The highest BCUT2D eigenvalue weighted by Crippen LogP contribution is 2.43. The molecule has 1 unspecified atom stereocenters. The third-order valence-electron chi connectivity index (χ3n) is 20.7. The molecule has 0 radical (unpaired) electrons. The molecule has 8 heterocycles. The number of nitrogens with zero attached hydrogens (tertiary/aromatic N) is 8. The van der Waals surface area contributed by atoms with Gasteiger partial charge >= 0.3 is 0 Å². The molecule has 5 aliphatic rings. The molecule has 4 amide bonds. The van der Waals surface area contributed by atoms with Crippen molar-refractivity contribution in [3.8, 4) is 87.3 Å². The Labute approximate surface area is 667 Å². The maximum atomic E-state index is 12.8. The molecule has 5 aliphatic carbocycles. The summed E-state index contributed by atoms with van der Waals surface area (Å²) in [7, 11) is 0. The molecule has 8 N–H and O–H groups in total. The number of anilines is 4. The van der Waals surface area contributed by atoms with Crippen LogP contribution in [0.15, 0.2) is 143 Å². The Morgan fingerprint density at radius 1 is 0.402 bits per heavy atom. The van der Waals surface area contributed by atoms with Crippen LogP contribution in [-0.2, 0) is 97.0 Å². The molecule has 574 valence electrons. The first kappa shape index (κ1) is 78.4. The number of hydrogen-bond acceptors (Lipinski definition) is 20. The highest BCUT2D eigenvalue weighted by molar-refractivity contribution is 7.14. The zero-order chi connectivity index (χ0) is 77.9. The van der Waals surface area contributed by atoms with Crippen LogP contribution in [0.4, 0.5) is 23.3 Å². The molecule has 17 rings (SSSR count). The van der Waals surface area contributed by atoms with E-state index in [0.29, 0.717) is 59.1 Å². The van der Waals surface area contributed by atoms with Gasteiger partial charge in [0.25, 0.3) is 0 Å². The van der Waals surface area contributed by atoms with E-state index in [2.05, 4.69) is 27.3 Å². The van der Waals surface area contributed by atoms with E-state index in [4.69, 9.17) is 39.9 Å². The summed E-state index contributed by atoms with van der Waals surface area (Å²) in [6.45, 7) is 9.59. The van der Waals surface area contributed by atoms with Gasteiger partial charge in [0.05, 0.1) is 91.5 Å². The average molecular weight is 1570 g/mol. The first-order valence-electron chi connectivity index (χ1n) is 38.4. The van der Waals surface area contributed by atoms with Crippen LogP contribution in [0.5, 0.6) is 0 Å². The number of thiophene rings is 4. The van der Waals surface area contributed by atoms with E-state index in [1.165, 1.54) is 48.4 Å². The van der Waals surface area contributed by atoms with Gasteiger partial charge in [-0.25, -0.2) is 39.9 Å². The lowest BCUT2D eigenvalue weighted by Gasteiger charge is -2.22. The number of aliphatic hydroxyl groups is 4. The van der Waals surface area contributed by atoms with E-state index in [0.717, 1.165) is 186 Å². The van der Waals surface area contributed by atoms with Crippen LogP contribution < -0.4 is 21.3 Å². The number of carbonyl (C=O) groups excluding carboxylic acids is 4. The van der Waals surface area contributed by atoms with Gasteiger partial charge < -0.3 is 41.7 Å². The number of hydrogen-bond donors (Lipinski definition) is 8. The highest BCUT2D eigenvalue weighted by Gasteiger charge is 2.30. The maximum absolute atomic E-state index is 12.8. The Balaban J connectivity index is 0.000000124. The predicted molar refractivity (Wildman–Crippen MR) is 447 cm³/mol. The fourth-order valence-corrected chi connectivity index (χ4v) is 17.7. The van der Waals surface area contributed by atoms with Crippen LogP contribution in [0.25, 0.3) is 87.3 Å². The van der Waals surface area contributed by atoms with E-state index in [-0.39, 0.29) is 61.9 Å². The lowest BCUT2D eigenvalue weighted by Crippen LogP contribution is -2.22. The molecule has 0 spiro atoms. The summed E-state index contributed by atoms with van der Waals surface area (Å²) in [5.74, 6) is 2.70. The minimum Gasteiger partial charge on any atom is -0.392 e. The summed E-state index contributed by atoms with van der Waals surface area (Å²) in [5, 5.41) is 57.6. The zero-order valence-electron chi connectivity index (χ0n) is 63.4. The van der Waals surface area contributed by atoms with Gasteiger partial charge in [0.15, 0.2) is 23.3 Å². The Bertz CT molecular complexity index is 5390. The van der Waals surface area contributed by atoms with Crippen molar-refractivity contribution in [3.63, 3.8) is 0 Å². The van der Waals surface area contributed by atoms with E-state index < -0.39 is 0 Å². The minimum absolute atomic E-state index is 0.0293. The molecule has 0 saturated heterocycles. The quantitative estimate of drug-likeness (QED) is 0.0396. The number of aliphatic hydroxyl groups excluding tert-OH is 4. The molecule has 20 nitrogen and oxygen atoms in total. The van der Waals surface area contributed by atoms with Gasteiger partial charge in [0, 0.05) is 47.9 Å². The SMILES string of the molecule is CC(=O)Nc1nc2c(nc1-c1cccs1)-c1ccc(CO)cc1CC2.CC(C)CC(=O)Nc1nc2c(nc1-c1cccs1)-c1ccc(CO)cc1CC2.CCC(C)C(=O)Nc1nc2c(nc1-c1cccs1)-c1ccc(CO)cc1CC2.O=C(CC1CCCCC1)Nc1nc2c(nc1-c1cccs1)-c1ccc(CO)cc1CC2. The molecule has 8 aromatic heterocycles. The fraction of sp³-hybridized carbons (Fsp3) is 0.318. The molecule has 0 bridgehead atoms. The summed E-state index contributed by atoms with van der Waals surface area (Å²) >= 11 is 6.34. The lowest BCUT2D eigenvalue weighted by molar-refractivity contribution is -0.119. The smallest absolute Gasteiger partial charge is 0.228 e. The summed E-state index contributed by atoms with van der Waals surface area (Å²) in [6.07, 6.45) is 14.3. The van der Waals surface area contributed by atoms with Gasteiger partial charge in [-0.05, 0) is 173 Å². The molecule has 1 fully saturated rings. The van der Waals surface area contributed by atoms with Crippen LogP contribution in [0, 0.1) is 17.8 Å². The van der Waals surface area contributed by atoms with E-state index >= 15 is 0 Å². The van der Waals surface area contributed by atoms with Crippen LogP contribution in [0.3, 0.4) is 0 Å². The van der Waals surface area contributed by atoms with E-state index in [1.807, 2.05) is 164 Å². The first-order valence-corrected chi connectivity index (χ1v) is 41.9. The summed E-state index contributed by atoms with van der Waals surface area (Å²) in [6, 6.07) is 39.9. The number of fused-ring (bicyclic) bond motifs is 12. The molecule has 4 aromatic carbocycles. The summed E-state index contributed by atoms with van der Waals surface area (Å²) in [5.41, 5.74) is 22.6. The molecule has 0 aliphatic heterocycles. The Morgan fingerprint density at radius 3 is 1.02 bits per heavy atom. The number of rotatable bonds is 18. The van der Waals surface area contributed by atoms with Crippen LogP contribution in [0.1, 0.15) is 153 Å². The minimum atomic E-state index is -0.157. The number of carbonyl (C=O) groups is 4. The van der Waals surface area contributed by atoms with Gasteiger partial charge in [0.1, 0.15) is 22.8 Å². The monoisotopic (exact) mass is 1570 g/mol. The van der Waals surface area contributed by atoms with Crippen molar-refractivity contribution in [2.24, 2.45) is 17.8 Å². The second kappa shape index (κ2) is 36.0. The fourth-order valence-electron chi connectivity index (χ4n) is 14.9. The van der Waals surface area contributed by atoms with Crippen LogP contribution in [0.2, 0.25) is 0 Å². The van der Waals surface area contributed by atoms with Crippen molar-refractivity contribution in [2.45, 2.75) is 164 Å². The standard InChI is InChI=1S/C25H27N3O2S.2C22H23N3O2S.C19H17N3O2S/c29-15-17-8-10-19-18(13-17)9-11-20-23(19)28-24(21-7-4-12-31-21)25(26-20)27-22(30)14-16-5-2-1-3-6-16;1-13(2)10-19(27)24-22-21(18-4-3-9-28-18)25-20-16-7-5-14(12-26)11-15(16)6-8-17(20)23-22;1-3-13(2)22(27)25-21-20(18-5-4-10-28-18)24-19-16-8-6-14(12-26)11-15(16)7-9-17(19)23-21;1-11(24)20-19-18(16-3-2-8-25-16)22-17-14-6-4-12(10-23)9-13(14)5-7-15(17)21-19/h4,7-8,10,12-13,16,29H,1-3,5-6,9,11,14-15H2,(H,26,27,30);3-5,7,9,11,13,26H,6,8,10,12H2,1-2H3,(H,23,24,27);4-6,8,10-11,13,26H,3,7,9,12H2,1-2H3,(H,23,25,27);2-4,6,8-9,23H,5,7,10H2,1H3,(H,20,21,24). The Kier molecular flexibility index (Phi) is 25.2. The lowest BCUT2D eigenvalue weighted by atomic mass is 9.87. The van der Waals surface area contributed by atoms with Crippen molar-refractivity contribution in [1.29, 1.82) is 0 Å². The summed E-state index contributed by atoms with van der Waals surface area (Å²) in [4.78, 5) is 92.3. The third-order valence-corrected chi connectivity index (χ3v) is 24.3. The second-order valence-electron chi connectivity index (χ2n) is 29.3. The van der Waals surface area contributed by atoms with Gasteiger partial charge in [-0.2, -0.15) is 0 Å². The molecule has 12 aromatic rings. The average Bonchev–Trinajstić information content (AvgIpc) is 1.24. The number of amides is 4. The second-order valence-corrected chi connectivity index (χ2v) is 33.0. The molecule has 24 heteroatoms. The van der Waals surface area contributed by atoms with Crippen molar-refractivity contribution in [3.05, 3.63) is 210 Å². The van der Waals surface area contributed by atoms with Crippen LogP contribution in [-0.4, -0.2) is 83.9 Å². The molecular formula is C88H90N12O8S4. The van der Waals surface area contributed by atoms with Crippen molar-refractivity contribution >= 4 is 92.2 Å². The van der Waals surface area contributed by atoms with Crippen molar-refractivity contribution in [2.75, 3.05) is 21.3 Å². The van der Waals surface area contributed by atoms with Gasteiger partial charge in [0.2, 0.25) is 23.6 Å². The van der Waals surface area contributed by atoms with E-state index in [9.17, 15) is 39.6 Å². The third kappa shape index (κ3) is 18.1. The van der Waals surface area contributed by atoms with E-state index in [1.54, 1.807) is 45.3 Å². The largest absolute Gasteiger partial charge is 0.392 e. The zero-order valence-corrected chi connectivity index (χ0v) is 66.6. The predicted octanol–water partition coefficient (Wildman–Crippen LogP) is 17.7. The Hall–Kier alpha value is -10.3. The molecule has 112 heavy (non-hydrogen) atoms. The van der Waals surface area contributed by atoms with Gasteiger partial charge in [-0.15, -0.1) is 45.3 Å². The topological polar surface area (TPSA) is 300 Å². The number of nitrogens with one attached hydrogen (secondary N) is 4. The van der Waals surface area contributed by atoms with Crippen LogP contribution >= 0.6 is 45.3 Å². The molecule has 1 saturated carbocycles. The highest BCUT2D eigenvalue weighted by atomic mass is 32.1. The van der Waals surface area contributed by atoms with Crippen molar-refractivity contribution < 1.29 is 39.6 Å². The number of aromatic nitrogens is 8. The number of benzene rings is 4. The normalized spacial score (nSPS) is 13.7. The van der Waals surface area contributed by atoms with Gasteiger partial charge in [-0.1, -0.05) is 144 Å². The first-order chi connectivity index (χ1) is 54.5. The van der Waals surface area contributed by atoms with Crippen molar-refractivity contribution in [1.82, 2.24) is 39.9 Å². The van der Waals surface area contributed by atoms with Gasteiger partial charge in [-0.3, -0.25) is 19.2 Å². The molecular weight excluding hydrogens is 1480 g/mol. The molecule has 1 atom stereocenters.